The van der Waals surface area contributed by atoms with E-state index in [0.717, 1.165) is 24.0 Å². The fourth-order valence-electron chi connectivity index (χ4n) is 2.24. The van der Waals surface area contributed by atoms with Gasteiger partial charge >= 0.3 is 0 Å². The summed E-state index contributed by atoms with van der Waals surface area (Å²) in [7, 11) is 0. The predicted octanol–water partition coefficient (Wildman–Crippen LogP) is 5.52. The quantitative estimate of drug-likeness (QED) is 0.506. The number of halogens is 2. The third kappa shape index (κ3) is 3.86. The largest absolute Gasteiger partial charge is 0.331 e. The molecular formula is C14H18BrFN2S2. The van der Waals surface area contributed by atoms with Crippen LogP contribution in [0.25, 0.3) is 11.0 Å². The molecule has 0 unspecified atom stereocenters. The number of imidazole rings is 1. The molecule has 1 N–H and O–H groups in total. The highest BCUT2D eigenvalue weighted by Crippen LogP contribution is 2.23. The molecule has 2 nitrogen and oxygen atoms in total. The Kier molecular flexibility index (Phi) is 6.11. The molecule has 1 aromatic heterocycles. The maximum Gasteiger partial charge on any atom is 0.178 e. The summed E-state index contributed by atoms with van der Waals surface area (Å²) >= 11 is 10.4. The van der Waals surface area contributed by atoms with Crippen molar-refractivity contribution in [2.24, 2.45) is 0 Å². The van der Waals surface area contributed by atoms with Gasteiger partial charge in [-0.1, -0.05) is 12.8 Å². The first-order valence-corrected chi connectivity index (χ1v) is 9.29. The topological polar surface area (TPSA) is 20.7 Å². The van der Waals surface area contributed by atoms with Gasteiger partial charge in [-0.2, -0.15) is 11.8 Å². The first-order valence-electron chi connectivity index (χ1n) is 6.70. The van der Waals surface area contributed by atoms with Gasteiger partial charge in [0, 0.05) is 12.6 Å². The smallest absolute Gasteiger partial charge is 0.178 e. The zero-order valence-electron chi connectivity index (χ0n) is 11.4. The van der Waals surface area contributed by atoms with E-state index in [-0.39, 0.29) is 5.82 Å². The van der Waals surface area contributed by atoms with Gasteiger partial charge in [0.15, 0.2) is 4.77 Å². The van der Waals surface area contributed by atoms with E-state index < -0.39 is 0 Å². The highest BCUT2D eigenvalue weighted by molar-refractivity contribution is 9.10. The maximum absolute atomic E-state index is 13.7. The van der Waals surface area contributed by atoms with Crippen molar-refractivity contribution in [3.8, 4) is 0 Å². The molecule has 1 aromatic carbocycles. The van der Waals surface area contributed by atoms with Gasteiger partial charge in [-0.25, -0.2) is 4.39 Å². The number of fused-ring (bicyclic) bond motifs is 1. The van der Waals surface area contributed by atoms with Crippen LogP contribution in [0, 0.1) is 10.6 Å². The van der Waals surface area contributed by atoms with Crippen molar-refractivity contribution >= 4 is 50.9 Å². The molecule has 2 aromatic rings. The Morgan fingerprint density at radius 3 is 2.80 bits per heavy atom. The van der Waals surface area contributed by atoms with Crippen molar-refractivity contribution in [2.75, 3.05) is 12.0 Å². The molecule has 0 saturated carbocycles. The van der Waals surface area contributed by atoms with E-state index >= 15 is 0 Å². The Bertz CT molecular complexity index is 636. The fraction of sp³-hybridized carbons (Fsp3) is 0.500. The molecule has 0 spiro atoms. The van der Waals surface area contributed by atoms with E-state index in [2.05, 4.69) is 27.2 Å². The number of hydrogen-bond donors (Lipinski definition) is 1. The highest BCUT2D eigenvalue weighted by atomic mass is 79.9. The number of benzene rings is 1. The number of hydrogen-bond acceptors (Lipinski definition) is 2. The van der Waals surface area contributed by atoms with Crippen LogP contribution in [-0.4, -0.2) is 21.6 Å². The van der Waals surface area contributed by atoms with Crippen LogP contribution in [-0.2, 0) is 6.54 Å². The van der Waals surface area contributed by atoms with E-state index in [1.807, 2.05) is 16.3 Å². The SMILES string of the molecule is CSCCCCCCn1c(=S)[nH]c2cc(Br)c(F)cc21. The standard InChI is InChI=1S/C14H18BrFN2S2/c1-20-7-5-3-2-4-6-18-13-9-11(16)10(15)8-12(13)17-14(18)19/h8-9H,2-7H2,1H3,(H,17,19). The summed E-state index contributed by atoms with van der Waals surface area (Å²) in [5.41, 5.74) is 1.73. The molecule has 6 heteroatoms. The minimum absolute atomic E-state index is 0.250. The Balaban J connectivity index is 2.04. The van der Waals surface area contributed by atoms with Gasteiger partial charge in [0.1, 0.15) is 5.82 Å². The van der Waals surface area contributed by atoms with Crippen LogP contribution in [0.2, 0.25) is 0 Å². The zero-order chi connectivity index (χ0) is 14.5. The average Bonchev–Trinajstić information content (AvgIpc) is 2.70. The monoisotopic (exact) mass is 376 g/mol. The third-order valence-corrected chi connectivity index (χ3v) is 4.92. The Hall–Kier alpha value is -0.330. The Morgan fingerprint density at radius 2 is 2.05 bits per heavy atom. The van der Waals surface area contributed by atoms with Crippen molar-refractivity contribution in [1.82, 2.24) is 9.55 Å². The summed E-state index contributed by atoms with van der Waals surface area (Å²) in [6, 6.07) is 3.29. The van der Waals surface area contributed by atoms with E-state index in [0.29, 0.717) is 9.24 Å². The van der Waals surface area contributed by atoms with Gasteiger partial charge in [0.05, 0.1) is 15.5 Å². The number of aromatic nitrogens is 2. The molecule has 0 fully saturated rings. The molecule has 0 bridgehead atoms. The third-order valence-electron chi connectivity index (χ3n) is 3.30. The van der Waals surface area contributed by atoms with E-state index in [1.165, 1.54) is 25.0 Å². The summed E-state index contributed by atoms with van der Waals surface area (Å²) in [4.78, 5) is 3.13. The van der Waals surface area contributed by atoms with Crippen LogP contribution in [0.5, 0.6) is 0 Å². The lowest BCUT2D eigenvalue weighted by Crippen LogP contribution is -1.98. The lowest BCUT2D eigenvalue weighted by atomic mass is 10.2. The van der Waals surface area contributed by atoms with Crippen LogP contribution >= 0.6 is 39.9 Å². The number of aryl methyl sites for hydroxylation is 1. The molecule has 0 aliphatic rings. The zero-order valence-corrected chi connectivity index (χ0v) is 14.6. The molecule has 20 heavy (non-hydrogen) atoms. The van der Waals surface area contributed by atoms with Crippen molar-refractivity contribution in [3.05, 3.63) is 27.2 Å². The van der Waals surface area contributed by atoms with Gasteiger partial charge in [0.25, 0.3) is 0 Å². The van der Waals surface area contributed by atoms with Gasteiger partial charge in [-0.15, -0.1) is 0 Å². The first-order chi connectivity index (χ1) is 9.63. The number of aromatic amines is 1. The maximum atomic E-state index is 13.7. The number of unbranched alkanes of at least 4 members (excludes halogenated alkanes) is 3. The molecule has 0 aliphatic carbocycles. The minimum atomic E-state index is -0.250. The van der Waals surface area contributed by atoms with Crippen LogP contribution in [0.4, 0.5) is 4.39 Å². The molecule has 0 amide bonds. The molecule has 0 aliphatic heterocycles. The van der Waals surface area contributed by atoms with Crippen molar-refractivity contribution in [1.29, 1.82) is 0 Å². The lowest BCUT2D eigenvalue weighted by Gasteiger charge is -2.05. The number of nitrogens with one attached hydrogen (secondary N) is 1. The van der Waals surface area contributed by atoms with Crippen molar-refractivity contribution in [3.63, 3.8) is 0 Å². The Morgan fingerprint density at radius 1 is 1.30 bits per heavy atom. The van der Waals surface area contributed by atoms with Gasteiger partial charge in [0.2, 0.25) is 0 Å². The van der Waals surface area contributed by atoms with Crippen LogP contribution in [0.15, 0.2) is 16.6 Å². The average molecular weight is 377 g/mol. The molecule has 1 heterocycles. The molecule has 2 rings (SSSR count). The Labute approximate surface area is 136 Å². The number of thioether (sulfide) groups is 1. The van der Waals surface area contributed by atoms with Crippen LogP contribution < -0.4 is 0 Å². The normalized spacial score (nSPS) is 11.3. The minimum Gasteiger partial charge on any atom is -0.331 e. The second kappa shape index (κ2) is 7.61. The van der Waals surface area contributed by atoms with Gasteiger partial charge < -0.3 is 9.55 Å². The van der Waals surface area contributed by atoms with Gasteiger partial charge in [-0.3, -0.25) is 0 Å². The number of H-pyrrole nitrogens is 1. The van der Waals surface area contributed by atoms with Gasteiger partial charge in [-0.05, 0) is 59.1 Å². The van der Waals surface area contributed by atoms with Crippen molar-refractivity contribution < 1.29 is 4.39 Å². The molecule has 0 saturated heterocycles. The lowest BCUT2D eigenvalue weighted by molar-refractivity contribution is 0.586. The molecule has 0 radical (unpaired) electrons. The summed E-state index contributed by atoms with van der Waals surface area (Å²) < 4.78 is 16.8. The second-order valence-corrected chi connectivity index (χ2v) is 7.00. The van der Waals surface area contributed by atoms with E-state index in [9.17, 15) is 4.39 Å². The second-order valence-electron chi connectivity index (χ2n) is 4.77. The molecule has 110 valence electrons. The van der Waals surface area contributed by atoms with E-state index in [1.54, 1.807) is 12.1 Å². The summed E-state index contributed by atoms with van der Waals surface area (Å²) in [6.45, 7) is 0.846. The summed E-state index contributed by atoms with van der Waals surface area (Å²) in [6.07, 6.45) is 6.91. The summed E-state index contributed by atoms with van der Waals surface area (Å²) in [5.74, 6) is 0.978. The highest BCUT2D eigenvalue weighted by Gasteiger charge is 2.08. The summed E-state index contributed by atoms with van der Waals surface area (Å²) in [5, 5.41) is 0. The van der Waals surface area contributed by atoms with Crippen molar-refractivity contribution in [2.45, 2.75) is 32.2 Å². The fourth-order valence-corrected chi connectivity index (χ4v) is 3.38. The first kappa shape index (κ1) is 16.0. The molecule has 0 atom stereocenters. The number of rotatable bonds is 7. The van der Waals surface area contributed by atoms with E-state index in [4.69, 9.17) is 12.2 Å². The van der Waals surface area contributed by atoms with Crippen LogP contribution in [0.1, 0.15) is 25.7 Å². The number of nitrogens with zero attached hydrogens (tertiary/aromatic N) is 1. The van der Waals surface area contributed by atoms with Crippen LogP contribution in [0.3, 0.4) is 0 Å². The molecular weight excluding hydrogens is 359 g/mol. The predicted molar refractivity (Wildman–Crippen MR) is 91.6 cm³/mol.